The van der Waals surface area contributed by atoms with Gasteiger partial charge in [0.1, 0.15) is 23.0 Å². The average molecular weight is 280 g/mol. The minimum absolute atomic E-state index is 0.426. The fourth-order valence-corrected chi connectivity index (χ4v) is 1.59. The summed E-state index contributed by atoms with van der Waals surface area (Å²) in [5, 5.41) is 0.426. The van der Waals surface area contributed by atoms with E-state index in [1.54, 1.807) is 13.2 Å². The van der Waals surface area contributed by atoms with Crippen LogP contribution in [0.1, 0.15) is 13.8 Å². The van der Waals surface area contributed by atoms with Gasteiger partial charge in [-0.15, -0.1) is 0 Å². The lowest BCUT2D eigenvalue weighted by atomic mass is 10.3. The zero-order valence-corrected chi connectivity index (χ0v) is 12.3. The van der Waals surface area contributed by atoms with Crippen molar-refractivity contribution in [2.45, 2.75) is 13.8 Å². The molecule has 0 bridgehead atoms. The minimum Gasteiger partial charge on any atom is -0.497 e. The van der Waals surface area contributed by atoms with Gasteiger partial charge in [-0.05, 0) is 24.3 Å². The fraction of sp³-hybridized carbons (Fsp3) is 0.286. The van der Waals surface area contributed by atoms with Gasteiger partial charge in [-0.1, -0.05) is 25.4 Å². The molecular formula is C14H18ClN3O. The van der Waals surface area contributed by atoms with Crippen molar-refractivity contribution in [1.29, 1.82) is 0 Å². The highest BCUT2D eigenvalue weighted by molar-refractivity contribution is 6.29. The molecule has 0 N–H and O–H groups in total. The lowest BCUT2D eigenvalue weighted by Gasteiger charge is -2.18. The Morgan fingerprint density at radius 3 is 2.26 bits per heavy atom. The van der Waals surface area contributed by atoms with E-state index in [4.69, 9.17) is 16.3 Å². The van der Waals surface area contributed by atoms with Gasteiger partial charge in [0.15, 0.2) is 0 Å². The van der Waals surface area contributed by atoms with Crippen LogP contribution in [0.2, 0.25) is 5.15 Å². The number of rotatable bonds is 3. The maximum atomic E-state index is 5.83. The number of hydrogen-bond donors (Lipinski definition) is 0. The Balaban J connectivity index is 0.000000861. The summed E-state index contributed by atoms with van der Waals surface area (Å²) in [5.74, 6) is 1.57. The van der Waals surface area contributed by atoms with Gasteiger partial charge in [-0.2, -0.15) is 0 Å². The molecule has 0 saturated carbocycles. The molecule has 1 aromatic carbocycles. The molecule has 0 aliphatic heterocycles. The van der Waals surface area contributed by atoms with Crippen LogP contribution in [0.3, 0.4) is 0 Å². The van der Waals surface area contributed by atoms with Gasteiger partial charge in [0, 0.05) is 18.8 Å². The smallest absolute Gasteiger partial charge is 0.137 e. The van der Waals surface area contributed by atoms with Crippen molar-refractivity contribution in [3.05, 3.63) is 41.8 Å². The lowest BCUT2D eigenvalue weighted by molar-refractivity contribution is 0.415. The molecule has 2 aromatic rings. The molecule has 1 heterocycles. The van der Waals surface area contributed by atoms with Gasteiger partial charge in [0.25, 0.3) is 0 Å². The van der Waals surface area contributed by atoms with E-state index in [-0.39, 0.29) is 0 Å². The molecule has 0 saturated heterocycles. The van der Waals surface area contributed by atoms with Gasteiger partial charge in [-0.3, -0.25) is 0 Å². The number of anilines is 2. The van der Waals surface area contributed by atoms with Crippen molar-refractivity contribution in [2.24, 2.45) is 0 Å². The van der Waals surface area contributed by atoms with Crippen LogP contribution in [0.15, 0.2) is 36.7 Å². The average Bonchev–Trinajstić information content (AvgIpc) is 2.48. The van der Waals surface area contributed by atoms with Crippen molar-refractivity contribution in [3.8, 4) is 5.75 Å². The Morgan fingerprint density at radius 2 is 1.74 bits per heavy atom. The standard InChI is InChI=1S/C12H12ClN3O.C2H6/c1-16(12-7-11(13)14-8-15-12)9-3-5-10(17-2)6-4-9;1-2/h3-8H,1-2H3;1-2H3. The highest BCUT2D eigenvalue weighted by Gasteiger charge is 2.06. The second kappa shape index (κ2) is 7.59. The van der Waals surface area contributed by atoms with Crippen LogP contribution in [-0.4, -0.2) is 24.1 Å². The lowest BCUT2D eigenvalue weighted by Crippen LogP contribution is -2.11. The van der Waals surface area contributed by atoms with Crippen LogP contribution in [0.4, 0.5) is 11.5 Å². The van der Waals surface area contributed by atoms with Gasteiger partial charge in [0.05, 0.1) is 7.11 Å². The summed E-state index contributed by atoms with van der Waals surface area (Å²) < 4.78 is 5.11. The molecule has 1 aromatic heterocycles. The molecule has 0 atom stereocenters. The largest absolute Gasteiger partial charge is 0.497 e. The Bertz CT molecular complexity index is 502. The number of aromatic nitrogens is 2. The van der Waals surface area contributed by atoms with E-state index < -0.39 is 0 Å². The molecule has 19 heavy (non-hydrogen) atoms. The highest BCUT2D eigenvalue weighted by Crippen LogP contribution is 2.24. The Kier molecular flexibility index (Phi) is 6.09. The third-order valence-electron chi connectivity index (χ3n) is 2.42. The molecule has 0 aliphatic rings. The van der Waals surface area contributed by atoms with E-state index in [0.717, 1.165) is 17.3 Å². The van der Waals surface area contributed by atoms with Crippen LogP contribution in [0.25, 0.3) is 0 Å². The van der Waals surface area contributed by atoms with E-state index in [0.29, 0.717) is 5.15 Å². The molecule has 102 valence electrons. The second-order valence-corrected chi connectivity index (χ2v) is 3.84. The van der Waals surface area contributed by atoms with Crippen molar-refractivity contribution in [1.82, 2.24) is 9.97 Å². The summed E-state index contributed by atoms with van der Waals surface area (Å²) in [6.07, 6.45) is 1.44. The van der Waals surface area contributed by atoms with Crippen molar-refractivity contribution < 1.29 is 4.74 Å². The van der Waals surface area contributed by atoms with Crippen LogP contribution in [0.5, 0.6) is 5.75 Å². The predicted octanol–water partition coefficient (Wildman–Crippen LogP) is 3.93. The molecule has 4 nitrogen and oxygen atoms in total. The summed E-state index contributed by atoms with van der Waals surface area (Å²) in [4.78, 5) is 9.93. The van der Waals surface area contributed by atoms with Gasteiger partial charge in [0.2, 0.25) is 0 Å². The van der Waals surface area contributed by atoms with E-state index in [1.165, 1.54) is 6.33 Å². The maximum Gasteiger partial charge on any atom is 0.137 e. The summed E-state index contributed by atoms with van der Waals surface area (Å²) >= 11 is 5.83. The number of benzene rings is 1. The van der Waals surface area contributed by atoms with Crippen LogP contribution in [0, 0.1) is 0 Å². The third kappa shape index (κ3) is 4.10. The second-order valence-electron chi connectivity index (χ2n) is 3.46. The van der Waals surface area contributed by atoms with Gasteiger partial charge >= 0.3 is 0 Å². The first-order valence-corrected chi connectivity index (χ1v) is 6.44. The Hall–Kier alpha value is -1.81. The minimum atomic E-state index is 0.426. The van der Waals surface area contributed by atoms with E-state index in [2.05, 4.69) is 9.97 Å². The topological polar surface area (TPSA) is 38.2 Å². The van der Waals surface area contributed by atoms with Gasteiger partial charge < -0.3 is 9.64 Å². The molecular weight excluding hydrogens is 262 g/mol. The maximum absolute atomic E-state index is 5.83. The Morgan fingerprint density at radius 1 is 1.11 bits per heavy atom. The summed E-state index contributed by atoms with van der Waals surface area (Å²) in [6.45, 7) is 4.00. The van der Waals surface area contributed by atoms with Crippen LogP contribution < -0.4 is 9.64 Å². The SMILES string of the molecule is CC.COc1ccc(N(C)c2cc(Cl)ncn2)cc1. The quantitative estimate of drug-likeness (QED) is 0.798. The van der Waals surface area contributed by atoms with Crippen molar-refractivity contribution in [3.63, 3.8) is 0 Å². The molecule has 0 radical (unpaired) electrons. The van der Waals surface area contributed by atoms with E-state index >= 15 is 0 Å². The molecule has 2 rings (SSSR count). The predicted molar refractivity (Wildman–Crippen MR) is 79.4 cm³/mol. The third-order valence-corrected chi connectivity index (χ3v) is 2.63. The number of methoxy groups -OCH3 is 1. The molecule has 0 aliphatic carbocycles. The monoisotopic (exact) mass is 279 g/mol. The summed E-state index contributed by atoms with van der Waals surface area (Å²) in [5.41, 5.74) is 1.00. The zero-order chi connectivity index (χ0) is 14.3. The van der Waals surface area contributed by atoms with Crippen LogP contribution >= 0.6 is 11.6 Å². The number of hydrogen-bond acceptors (Lipinski definition) is 4. The highest BCUT2D eigenvalue weighted by atomic mass is 35.5. The van der Waals surface area contributed by atoms with E-state index in [9.17, 15) is 0 Å². The van der Waals surface area contributed by atoms with Crippen molar-refractivity contribution >= 4 is 23.1 Å². The first kappa shape index (κ1) is 15.2. The molecule has 5 heteroatoms. The summed E-state index contributed by atoms with van der Waals surface area (Å²) in [7, 11) is 3.56. The molecule has 0 fully saturated rings. The number of ether oxygens (including phenoxy) is 1. The zero-order valence-electron chi connectivity index (χ0n) is 11.6. The Labute approximate surface area is 119 Å². The molecule has 0 unspecified atom stereocenters. The fourth-order valence-electron chi connectivity index (χ4n) is 1.45. The first-order chi connectivity index (χ1) is 9.20. The molecule has 0 spiro atoms. The number of halogens is 1. The van der Waals surface area contributed by atoms with Gasteiger partial charge in [-0.25, -0.2) is 9.97 Å². The van der Waals surface area contributed by atoms with Crippen molar-refractivity contribution in [2.75, 3.05) is 19.1 Å². The van der Waals surface area contributed by atoms with Crippen LogP contribution in [-0.2, 0) is 0 Å². The first-order valence-electron chi connectivity index (χ1n) is 6.06. The molecule has 0 amide bonds. The summed E-state index contributed by atoms with van der Waals surface area (Å²) in [6, 6.07) is 9.42. The normalized spacial score (nSPS) is 9.32. The van der Waals surface area contributed by atoms with E-state index in [1.807, 2.05) is 50.1 Å². The number of nitrogens with zero attached hydrogens (tertiary/aromatic N) is 3.